The summed E-state index contributed by atoms with van der Waals surface area (Å²) in [6.07, 6.45) is 4.52. The molecule has 104 valence electrons. The van der Waals surface area contributed by atoms with E-state index in [9.17, 15) is 4.79 Å². The van der Waals surface area contributed by atoms with E-state index in [-0.39, 0.29) is 11.7 Å². The fourth-order valence-corrected chi connectivity index (χ4v) is 1.87. The zero-order valence-corrected chi connectivity index (χ0v) is 11.5. The van der Waals surface area contributed by atoms with Gasteiger partial charge in [0.15, 0.2) is 11.6 Å². The van der Waals surface area contributed by atoms with Crippen LogP contribution in [0.5, 0.6) is 0 Å². The van der Waals surface area contributed by atoms with E-state index in [1.165, 1.54) is 18.7 Å². The largest absolute Gasteiger partial charge is 0.459 e. The van der Waals surface area contributed by atoms with E-state index in [0.717, 1.165) is 5.56 Å². The van der Waals surface area contributed by atoms with Gasteiger partial charge in [-0.25, -0.2) is 9.97 Å². The summed E-state index contributed by atoms with van der Waals surface area (Å²) in [5, 5.41) is 3.31. The first-order valence-electron chi connectivity index (χ1n) is 6.15. The van der Waals surface area contributed by atoms with E-state index in [2.05, 4.69) is 15.3 Å². The lowest BCUT2D eigenvalue weighted by Gasteiger charge is -2.04. The van der Waals surface area contributed by atoms with Crippen molar-refractivity contribution in [2.75, 3.05) is 5.32 Å². The Morgan fingerprint density at radius 2 is 1.81 bits per heavy atom. The molecule has 0 radical (unpaired) electrons. The van der Waals surface area contributed by atoms with E-state index >= 15 is 0 Å². The maximum absolute atomic E-state index is 11.8. The minimum absolute atomic E-state index is 0.233. The Kier molecular flexibility index (Phi) is 3.66. The summed E-state index contributed by atoms with van der Waals surface area (Å²) in [6, 6.07) is 10.4. The van der Waals surface area contributed by atoms with E-state index in [1.54, 1.807) is 24.3 Å². The van der Waals surface area contributed by atoms with Crippen LogP contribution in [0.3, 0.4) is 0 Å². The number of hydrogen-bond acceptors (Lipinski definition) is 4. The highest BCUT2D eigenvalue weighted by atomic mass is 35.5. The van der Waals surface area contributed by atoms with Crippen LogP contribution >= 0.6 is 11.6 Å². The Morgan fingerprint density at radius 3 is 2.43 bits per heavy atom. The van der Waals surface area contributed by atoms with Crippen LogP contribution in [-0.4, -0.2) is 15.9 Å². The Bertz CT molecular complexity index is 738. The van der Waals surface area contributed by atoms with Crippen molar-refractivity contribution in [2.24, 2.45) is 0 Å². The lowest BCUT2D eigenvalue weighted by Crippen LogP contribution is -2.11. The average molecular weight is 300 g/mol. The fourth-order valence-electron chi connectivity index (χ4n) is 1.74. The number of rotatable bonds is 3. The summed E-state index contributed by atoms with van der Waals surface area (Å²) < 4.78 is 5.01. The number of nitrogens with zero attached hydrogens (tertiary/aromatic N) is 2. The second-order valence-corrected chi connectivity index (χ2v) is 4.67. The van der Waals surface area contributed by atoms with Gasteiger partial charge in [0.2, 0.25) is 0 Å². The van der Waals surface area contributed by atoms with Crippen molar-refractivity contribution in [3.8, 4) is 11.4 Å². The maximum Gasteiger partial charge on any atom is 0.291 e. The molecule has 0 spiro atoms. The van der Waals surface area contributed by atoms with Crippen LogP contribution in [-0.2, 0) is 0 Å². The molecule has 2 aromatic heterocycles. The van der Waals surface area contributed by atoms with Gasteiger partial charge < -0.3 is 9.73 Å². The van der Waals surface area contributed by atoms with Crippen LogP contribution in [0.4, 0.5) is 5.69 Å². The van der Waals surface area contributed by atoms with E-state index in [0.29, 0.717) is 16.5 Å². The lowest BCUT2D eigenvalue weighted by molar-refractivity contribution is 0.0996. The van der Waals surface area contributed by atoms with Crippen molar-refractivity contribution in [3.63, 3.8) is 0 Å². The molecule has 0 saturated carbocycles. The molecule has 3 aromatic rings. The molecule has 5 nitrogen and oxygen atoms in total. The smallest absolute Gasteiger partial charge is 0.291 e. The molecule has 21 heavy (non-hydrogen) atoms. The summed E-state index contributed by atoms with van der Waals surface area (Å²) in [5.41, 5.74) is 1.34. The third-order valence-corrected chi connectivity index (χ3v) is 3.01. The number of amides is 1. The predicted octanol–water partition coefficient (Wildman–Crippen LogP) is 3.64. The maximum atomic E-state index is 11.8. The number of halogens is 1. The molecule has 0 bridgehead atoms. The molecule has 0 unspecified atom stereocenters. The Morgan fingerprint density at radius 1 is 1.10 bits per heavy atom. The monoisotopic (exact) mass is 299 g/mol. The summed E-state index contributed by atoms with van der Waals surface area (Å²) >= 11 is 5.83. The molecule has 2 heterocycles. The number of carbonyl (C=O) groups is 1. The van der Waals surface area contributed by atoms with Crippen LogP contribution in [0.1, 0.15) is 10.6 Å². The summed E-state index contributed by atoms with van der Waals surface area (Å²) in [5.74, 6) is 0.447. The number of benzene rings is 1. The standard InChI is InChI=1S/C15H10ClN3O2/c16-11-5-3-10(4-6-11)14-17-8-12(9-18-14)19-15(20)13-2-1-7-21-13/h1-9H,(H,19,20). The number of furan rings is 1. The molecule has 1 aromatic carbocycles. The van der Waals surface area contributed by atoms with E-state index < -0.39 is 0 Å². The predicted molar refractivity (Wildman–Crippen MR) is 79.1 cm³/mol. The Labute approximate surface area is 125 Å². The zero-order valence-electron chi connectivity index (χ0n) is 10.8. The minimum Gasteiger partial charge on any atom is -0.459 e. The molecule has 0 fully saturated rings. The molecule has 6 heteroatoms. The van der Waals surface area contributed by atoms with Gasteiger partial charge in [-0.05, 0) is 36.4 Å². The van der Waals surface area contributed by atoms with Gasteiger partial charge in [-0.1, -0.05) is 11.6 Å². The molecular formula is C15H10ClN3O2. The second-order valence-electron chi connectivity index (χ2n) is 4.23. The molecule has 1 amide bonds. The molecule has 0 aliphatic heterocycles. The Balaban J connectivity index is 1.75. The average Bonchev–Trinajstić information content (AvgIpc) is 3.03. The number of aromatic nitrogens is 2. The SMILES string of the molecule is O=C(Nc1cnc(-c2ccc(Cl)cc2)nc1)c1ccco1. The van der Waals surface area contributed by atoms with Crippen LogP contribution in [0.25, 0.3) is 11.4 Å². The number of hydrogen-bond donors (Lipinski definition) is 1. The molecule has 1 N–H and O–H groups in total. The van der Waals surface area contributed by atoms with Crippen LogP contribution < -0.4 is 5.32 Å². The molecular weight excluding hydrogens is 290 g/mol. The minimum atomic E-state index is -0.345. The van der Waals surface area contributed by atoms with E-state index in [4.69, 9.17) is 16.0 Å². The molecule has 0 aliphatic carbocycles. The van der Waals surface area contributed by atoms with E-state index in [1.807, 2.05) is 12.1 Å². The Hall–Kier alpha value is -2.66. The summed E-state index contributed by atoms with van der Waals surface area (Å²) in [6.45, 7) is 0. The quantitative estimate of drug-likeness (QED) is 0.801. The first kappa shape index (κ1) is 13.3. The number of anilines is 1. The molecule has 0 saturated heterocycles. The topological polar surface area (TPSA) is 68.0 Å². The van der Waals surface area contributed by atoms with Gasteiger partial charge in [-0.2, -0.15) is 0 Å². The number of carbonyl (C=O) groups excluding carboxylic acids is 1. The number of nitrogens with one attached hydrogen (secondary N) is 1. The third kappa shape index (κ3) is 3.09. The fraction of sp³-hybridized carbons (Fsp3) is 0. The first-order chi connectivity index (χ1) is 10.2. The summed E-state index contributed by atoms with van der Waals surface area (Å²) in [4.78, 5) is 20.2. The van der Waals surface area contributed by atoms with Crippen molar-refractivity contribution in [2.45, 2.75) is 0 Å². The highest BCUT2D eigenvalue weighted by Gasteiger charge is 2.09. The highest BCUT2D eigenvalue weighted by molar-refractivity contribution is 6.30. The summed E-state index contributed by atoms with van der Waals surface area (Å²) in [7, 11) is 0. The van der Waals surface area contributed by atoms with Gasteiger partial charge in [0.25, 0.3) is 5.91 Å². The van der Waals surface area contributed by atoms with Gasteiger partial charge in [0, 0.05) is 10.6 Å². The van der Waals surface area contributed by atoms with Gasteiger partial charge in [0.1, 0.15) is 0 Å². The van der Waals surface area contributed by atoms with Crippen molar-refractivity contribution < 1.29 is 9.21 Å². The van der Waals surface area contributed by atoms with Gasteiger partial charge in [-0.15, -0.1) is 0 Å². The van der Waals surface area contributed by atoms with Crippen molar-refractivity contribution in [1.29, 1.82) is 0 Å². The molecule has 0 aliphatic rings. The molecule has 3 rings (SSSR count). The van der Waals surface area contributed by atoms with Crippen molar-refractivity contribution in [1.82, 2.24) is 9.97 Å². The van der Waals surface area contributed by atoms with Crippen LogP contribution in [0.2, 0.25) is 5.02 Å². The van der Waals surface area contributed by atoms with Crippen LogP contribution in [0.15, 0.2) is 59.5 Å². The van der Waals surface area contributed by atoms with Crippen molar-refractivity contribution >= 4 is 23.2 Å². The van der Waals surface area contributed by atoms with Gasteiger partial charge in [-0.3, -0.25) is 4.79 Å². The van der Waals surface area contributed by atoms with Crippen LogP contribution in [0, 0.1) is 0 Å². The third-order valence-electron chi connectivity index (χ3n) is 2.76. The highest BCUT2D eigenvalue weighted by Crippen LogP contribution is 2.18. The first-order valence-corrected chi connectivity index (χ1v) is 6.53. The lowest BCUT2D eigenvalue weighted by atomic mass is 10.2. The second kappa shape index (κ2) is 5.76. The van der Waals surface area contributed by atoms with Gasteiger partial charge in [0.05, 0.1) is 24.3 Å². The van der Waals surface area contributed by atoms with Crippen molar-refractivity contribution in [3.05, 3.63) is 65.8 Å². The molecule has 0 atom stereocenters. The zero-order chi connectivity index (χ0) is 14.7. The van der Waals surface area contributed by atoms with Gasteiger partial charge >= 0.3 is 0 Å². The normalized spacial score (nSPS) is 10.3.